The average molecular weight is 259 g/mol. The zero-order valence-corrected chi connectivity index (χ0v) is 10.9. The molecule has 0 bridgehead atoms. The smallest absolute Gasteiger partial charge is 0.170 e. The SMILES string of the molecule is Cn1cnnc1COc1ccc2c(c1)C(O)CCC2. The van der Waals surface area contributed by atoms with E-state index in [0.29, 0.717) is 6.61 Å². The number of aliphatic hydroxyl groups is 1. The molecule has 0 aliphatic heterocycles. The standard InChI is InChI=1S/C14H17N3O2/c1-17-9-15-16-14(17)8-19-11-6-5-10-3-2-4-13(18)12(10)7-11/h5-7,9,13,18H,2-4,8H2,1H3. The number of aliphatic hydroxyl groups excluding tert-OH is 1. The zero-order valence-electron chi connectivity index (χ0n) is 10.9. The van der Waals surface area contributed by atoms with Crippen LogP contribution in [0.2, 0.25) is 0 Å². The minimum Gasteiger partial charge on any atom is -0.486 e. The van der Waals surface area contributed by atoms with Crippen LogP contribution >= 0.6 is 0 Å². The lowest BCUT2D eigenvalue weighted by molar-refractivity contribution is 0.156. The Hall–Kier alpha value is -1.88. The Morgan fingerprint density at radius 3 is 3.16 bits per heavy atom. The third kappa shape index (κ3) is 2.46. The number of rotatable bonds is 3. The van der Waals surface area contributed by atoms with Crippen molar-refractivity contribution in [1.29, 1.82) is 0 Å². The predicted octanol–water partition coefficient (Wildman–Crippen LogP) is 1.76. The molecule has 5 heteroatoms. The third-order valence-corrected chi connectivity index (χ3v) is 3.57. The minimum absolute atomic E-state index is 0.359. The van der Waals surface area contributed by atoms with E-state index in [1.54, 1.807) is 6.33 Å². The molecule has 1 aromatic carbocycles. The van der Waals surface area contributed by atoms with Crippen LogP contribution in [0.1, 0.15) is 35.9 Å². The number of hydrogen-bond donors (Lipinski definition) is 1. The van der Waals surface area contributed by atoms with Crippen LogP contribution < -0.4 is 4.74 Å². The lowest BCUT2D eigenvalue weighted by Gasteiger charge is -2.21. The summed E-state index contributed by atoms with van der Waals surface area (Å²) in [6, 6.07) is 5.94. The van der Waals surface area contributed by atoms with Crippen molar-refractivity contribution in [2.24, 2.45) is 7.05 Å². The first-order valence-corrected chi connectivity index (χ1v) is 6.50. The lowest BCUT2D eigenvalue weighted by Crippen LogP contribution is -2.10. The monoisotopic (exact) mass is 259 g/mol. The van der Waals surface area contributed by atoms with Gasteiger partial charge in [0, 0.05) is 7.05 Å². The topological polar surface area (TPSA) is 60.2 Å². The van der Waals surface area contributed by atoms with Crippen molar-refractivity contribution in [2.75, 3.05) is 0 Å². The summed E-state index contributed by atoms with van der Waals surface area (Å²) in [5.41, 5.74) is 2.23. The number of benzene rings is 1. The van der Waals surface area contributed by atoms with Gasteiger partial charge in [-0.25, -0.2) is 0 Å². The van der Waals surface area contributed by atoms with Crippen LogP contribution in [-0.2, 0) is 20.1 Å². The molecule has 1 aliphatic rings. The highest BCUT2D eigenvalue weighted by atomic mass is 16.5. The summed E-state index contributed by atoms with van der Waals surface area (Å²) in [6.07, 6.45) is 4.21. The summed E-state index contributed by atoms with van der Waals surface area (Å²) in [7, 11) is 1.88. The van der Waals surface area contributed by atoms with Crippen LogP contribution in [0.5, 0.6) is 5.75 Å². The van der Waals surface area contributed by atoms with Crippen LogP contribution in [0.15, 0.2) is 24.5 Å². The Labute approximate surface area is 111 Å². The number of aromatic nitrogens is 3. The number of aryl methyl sites for hydroxylation is 2. The van der Waals surface area contributed by atoms with E-state index < -0.39 is 0 Å². The molecule has 0 amide bonds. The van der Waals surface area contributed by atoms with E-state index in [1.165, 1.54) is 5.56 Å². The van der Waals surface area contributed by atoms with Crippen molar-refractivity contribution in [1.82, 2.24) is 14.8 Å². The Balaban J connectivity index is 1.75. The fourth-order valence-electron chi connectivity index (χ4n) is 2.43. The summed E-state index contributed by atoms with van der Waals surface area (Å²) in [5, 5.41) is 17.8. The van der Waals surface area contributed by atoms with Gasteiger partial charge >= 0.3 is 0 Å². The maximum atomic E-state index is 10.0. The Morgan fingerprint density at radius 1 is 1.47 bits per heavy atom. The van der Waals surface area contributed by atoms with Crippen LogP contribution in [0.4, 0.5) is 0 Å². The summed E-state index contributed by atoms with van der Waals surface area (Å²) in [6.45, 7) is 0.380. The van der Waals surface area contributed by atoms with E-state index in [2.05, 4.69) is 10.2 Å². The molecule has 0 saturated heterocycles. The maximum absolute atomic E-state index is 10.0. The van der Waals surface area contributed by atoms with Crippen LogP contribution in [-0.4, -0.2) is 19.9 Å². The average Bonchev–Trinajstić information content (AvgIpc) is 2.83. The van der Waals surface area contributed by atoms with Gasteiger partial charge in [-0.15, -0.1) is 10.2 Å². The molecule has 1 heterocycles. The normalized spacial score (nSPS) is 18.1. The fraction of sp³-hybridized carbons (Fsp3) is 0.429. The van der Waals surface area contributed by atoms with Crippen molar-refractivity contribution < 1.29 is 9.84 Å². The first-order chi connectivity index (χ1) is 9.24. The molecule has 0 spiro atoms. The summed E-state index contributed by atoms with van der Waals surface area (Å²) in [5.74, 6) is 1.54. The van der Waals surface area contributed by atoms with Gasteiger partial charge in [0.05, 0.1) is 6.10 Å². The second kappa shape index (κ2) is 5.01. The van der Waals surface area contributed by atoms with E-state index in [9.17, 15) is 5.11 Å². The highest BCUT2D eigenvalue weighted by Gasteiger charge is 2.18. The second-order valence-corrected chi connectivity index (χ2v) is 4.92. The number of nitrogens with zero attached hydrogens (tertiary/aromatic N) is 3. The quantitative estimate of drug-likeness (QED) is 0.912. The molecule has 1 N–H and O–H groups in total. The van der Waals surface area contributed by atoms with Crippen molar-refractivity contribution in [3.05, 3.63) is 41.5 Å². The molecule has 19 heavy (non-hydrogen) atoms. The summed E-state index contributed by atoms with van der Waals surface area (Å²) >= 11 is 0. The Kier molecular flexibility index (Phi) is 3.21. The molecule has 1 aromatic heterocycles. The lowest BCUT2D eigenvalue weighted by atomic mass is 9.89. The molecule has 1 unspecified atom stereocenters. The van der Waals surface area contributed by atoms with E-state index in [-0.39, 0.29) is 6.10 Å². The first kappa shape index (κ1) is 12.2. The number of hydrogen-bond acceptors (Lipinski definition) is 4. The van der Waals surface area contributed by atoms with Crippen molar-refractivity contribution >= 4 is 0 Å². The molecular formula is C14H17N3O2. The third-order valence-electron chi connectivity index (χ3n) is 3.57. The molecule has 0 radical (unpaired) electrons. The van der Waals surface area contributed by atoms with Gasteiger partial charge in [-0.3, -0.25) is 0 Å². The molecular weight excluding hydrogens is 242 g/mol. The highest BCUT2D eigenvalue weighted by molar-refractivity contribution is 5.38. The Morgan fingerprint density at radius 2 is 2.37 bits per heavy atom. The Bertz CT molecular complexity index is 580. The zero-order chi connectivity index (χ0) is 13.2. The van der Waals surface area contributed by atoms with E-state index in [0.717, 1.165) is 36.4 Å². The summed E-state index contributed by atoms with van der Waals surface area (Å²) < 4.78 is 7.54. The van der Waals surface area contributed by atoms with Gasteiger partial charge in [-0.05, 0) is 42.5 Å². The van der Waals surface area contributed by atoms with Crippen LogP contribution in [0.25, 0.3) is 0 Å². The molecule has 0 fully saturated rings. The van der Waals surface area contributed by atoms with Crippen molar-refractivity contribution in [2.45, 2.75) is 32.0 Å². The maximum Gasteiger partial charge on any atom is 0.170 e. The van der Waals surface area contributed by atoms with Crippen molar-refractivity contribution in [3.8, 4) is 5.75 Å². The van der Waals surface area contributed by atoms with Gasteiger partial charge in [0.15, 0.2) is 5.82 Å². The predicted molar refractivity (Wildman–Crippen MR) is 69.7 cm³/mol. The fourth-order valence-corrected chi connectivity index (χ4v) is 2.43. The van der Waals surface area contributed by atoms with Gasteiger partial charge in [0.2, 0.25) is 0 Å². The van der Waals surface area contributed by atoms with E-state index in [4.69, 9.17) is 4.74 Å². The highest BCUT2D eigenvalue weighted by Crippen LogP contribution is 2.32. The summed E-state index contributed by atoms with van der Waals surface area (Å²) in [4.78, 5) is 0. The number of ether oxygens (including phenoxy) is 1. The van der Waals surface area contributed by atoms with Crippen LogP contribution in [0.3, 0.4) is 0 Å². The van der Waals surface area contributed by atoms with Gasteiger partial charge in [0.25, 0.3) is 0 Å². The first-order valence-electron chi connectivity index (χ1n) is 6.50. The van der Waals surface area contributed by atoms with Gasteiger partial charge in [0.1, 0.15) is 18.7 Å². The van der Waals surface area contributed by atoms with Gasteiger partial charge in [-0.2, -0.15) is 0 Å². The second-order valence-electron chi connectivity index (χ2n) is 4.92. The van der Waals surface area contributed by atoms with E-state index in [1.807, 2.05) is 29.8 Å². The molecule has 2 aromatic rings. The molecule has 1 atom stereocenters. The van der Waals surface area contributed by atoms with Gasteiger partial charge < -0.3 is 14.4 Å². The van der Waals surface area contributed by atoms with E-state index >= 15 is 0 Å². The van der Waals surface area contributed by atoms with Crippen molar-refractivity contribution in [3.63, 3.8) is 0 Å². The number of fused-ring (bicyclic) bond motifs is 1. The molecule has 3 rings (SSSR count). The van der Waals surface area contributed by atoms with Crippen LogP contribution in [0, 0.1) is 0 Å². The molecule has 100 valence electrons. The molecule has 0 saturated carbocycles. The minimum atomic E-state index is -0.359. The molecule has 1 aliphatic carbocycles. The molecule has 5 nitrogen and oxygen atoms in total. The van der Waals surface area contributed by atoms with Gasteiger partial charge in [-0.1, -0.05) is 6.07 Å². The largest absolute Gasteiger partial charge is 0.486 e.